The molecule has 2 rings (SSSR count). The minimum absolute atomic E-state index is 0.128. The van der Waals surface area contributed by atoms with Crippen LogP contribution in [0.1, 0.15) is 41.9 Å². The van der Waals surface area contributed by atoms with Crippen LogP contribution >= 0.6 is 15.9 Å². The van der Waals surface area contributed by atoms with E-state index < -0.39 is 0 Å². The second-order valence-corrected chi connectivity index (χ2v) is 5.71. The molecule has 1 aliphatic rings. The number of carbonyl (C=O) groups excluding carboxylic acids is 1. The van der Waals surface area contributed by atoms with E-state index in [-0.39, 0.29) is 5.91 Å². The van der Waals surface area contributed by atoms with Crippen LogP contribution in [0.3, 0.4) is 0 Å². The maximum Gasteiger partial charge on any atom is 0.272 e. The molecule has 0 N–H and O–H groups in total. The predicted molar refractivity (Wildman–Crippen MR) is 75.0 cm³/mol. The third-order valence-electron chi connectivity index (χ3n) is 3.55. The van der Waals surface area contributed by atoms with E-state index >= 15 is 0 Å². The summed E-state index contributed by atoms with van der Waals surface area (Å²) in [6.45, 7) is 2.80. The first kappa shape index (κ1) is 13.6. The average Bonchev–Trinajstić information content (AvgIpc) is 2.69. The molecule has 0 bridgehead atoms. The van der Waals surface area contributed by atoms with Gasteiger partial charge < -0.3 is 4.90 Å². The van der Waals surface area contributed by atoms with Gasteiger partial charge in [0.15, 0.2) is 0 Å². The van der Waals surface area contributed by atoms with Crippen molar-refractivity contribution in [1.29, 1.82) is 0 Å². The molecule has 1 amide bonds. The zero-order chi connectivity index (χ0) is 13.1. The van der Waals surface area contributed by atoms with Crippen LogP contribution in [-0.2, 0) is 7.05 Å². The fraction of sp³-hybridized carbons (Fsp3) is 0.692. The molecule has 2 heterocycles. The lowest BCUT2D eigenvalue weighted by Crippen LogP contribution is -2.44. The van der Waals surface area contributed by atoms with Gasteiger partial charge in [-0.3, -0.25) is 9.48 Å². The molecule has 1 aliphatic heterocycles. The molecule has 18 heavy (non-hydrogen) atoms. The molecule has 0 radical (unpaired) electrons. The third kappa shape index (κ3) is 2.76. The van der Waals surface area contributed by atoms with Crippen LogP contribution in [0.25, 0.3) is 0 Å². The zero-order valence-electron chi connectivity index (χ0n) is 11.0. The molecular weight excluding hydrogens is 294 g/mol. The van der Waals surface area contributed by atoms with Crippen LogP contribution in [-0.4, -0.2) is 38.5 Å². The summed E-state index contributed by atoms with van der Waals surface area (Å²) in [5.74, 6) is 0.128. The van der Waals surface area contributed by atoms with Crippen molar-refractivity contribution in [3.05, 3.63) is 17.5 Å². The first-order chi connectivity index (χ1) is 8.63. The van der Waals surface area contributed by atoms with Gasteiger partial charge in [-0.2, -0.15) is 5.10 Å². The molecule has 4 nitrogen and oxygen atoms in total. The van der Waals surface area contributed by atoms with Crippen LogP contribution in [0.4, 0.5) is 0 Å². The monoisotopic (exact) mass is 313 g/mol. The fourth-order valence-corrected chi connectivity index (χ4v) is 3.18. The Hall–Kier alpha value is -0.840. The number of hydrogen-bond donors (Lipinski definition) is 0. The maximum atomic E-state index is 12.6. The molecule has 0 saturated carbocycles. The molecular formula is C13H20BrN3O. The second kappa shape index (κ2) is 5.87. The quantitative estimate of drug-likeness (QED) is 0.804. The van der Waals surface area contributed by atoms with Crippen molar-refractivity contribution in [2.24, 2.45) is 7.05 Å². The Labute approximate surface area is 116 Å². The Morgan fingerprint density at radius 2 is 2.33 bits per heavy atom. The number of piperidine rings is 1. The van der Waals surface area contributed by atoms with Crippen LogP contribution in [0.15, 0.2) is 6.07 Å². The minimum Gasteiger partial charge on any atom is -0.334 e. The Bertz CT molecular complexity index is 428. The van der Waals surface area contributed by atoms with Gasteiger partial charge in [0.25, 0.3) is 5.91 Å². The van der Waals surface area contributed by atoms with Crippen molar-refractivity contribution in [2.75, 3.05) is 11.9 Å². The molecule has 0 spiro atoms. The highest BCUT2D eigenvalue weighted by atomic mass is 79.9. The summed E-state index contributed by atoms with van der Waals surface area (Å²) >= 11 is 3.48. The number of nitrogens with zero attached hydrogens (tertiary/aromatic N) is 3. The first-order valence-electron chi connectivity index (χ1n) is 6.51. The van der Waals surface area contributed by atoms with Gasteiger partial charge in [0.1, 0.15) is 5.69 Å². The third-order valence-corrected chi connectivity index (χ3v) is 4.01. The van der Waals surface area contributed by atoms with E-state index in [0.29, 0.717) is 11.7 Å². The van der Waals surface area contributed by atoms with Crippen molar-refractivity contribution < 1.29 is 4.79 Å². The summed E-state index contributed by atoms with van der Waals surface area (Å²) in [4.78, 5) is 14.6. The van der Waals surface area contributed by atoms with E-state index in [1.54, 1.807) is 4.68 Å². The highest BCUT2D eigenvalue weighted by Gasteiger charge is 2.28. The van der Waals surface area contributed by atoms with E-state index in [9.17, 15) is 4.79 Å². The molecule has 1 unspecified atom stereocenters. The van der Waals surface area contributed by atoms with Crippen molar-refractivity contribution >= 4 is 21.8 Å². The number of aryl methyl sites for hydroxylation is 2. The lowest BCUT2D eigenvalue weighted by molar-refractivity contribution is 0.0598. The van der Waals surface area contributed by atoms with Crippen molar-refractivity contribution in [2.45, 2.75) is 38.6 Å². The Balaban J connectivity index is 2.18. The lowest BCUT2D eigenvalue weighted by Gasteiger charge is -2.35. The normalized spacial score (nSPS) is 20.2. The number of halogens is 1. The Morgan fingerprint density at radius 3 is 2.94 bits per heavy atom. The molecule has 1 fully saturated rings. The largest absolute Gasteiger partial charge is 0.334 e. The van der Waals surface area contributed by atoms with E-state index in [2.05, 4.69) is 21.0 Å². The maximum absolute atomic E-state index is 12.6. The van der Waals surface area contributed by atoms with Gasteiger partial charge in [-0.05, 0) is 38.7 Å². The summed E-state index contributed by atoms with van der Waals surface area (Å²) in [6.07, 6.45) is 4.49. The van der Waals surface area contributed by atoms with Gasteiger partial charge in [0.2, 0.25) is 0 Å². The first-order valence-corrected chi connectivity index (χ1v) is 7.63. The van der Waals surface area contributed by atoms with E-state index in [0.717, 1.165) is 36.8 Å². The predicted octanol–water partition coefficient (Wildman–Crippen LogP) is 2.51. The highest BCUT2D eigenvalue weighted by molar-refractivity contribution is 9.09. The molecule has 1 saturated heterocycles. The van der Waals surface area contributed by atoms with E-state index in [1.807, 2.05) is 24.9 Å². The standard InChI is InChI=1S/C13H20BrN3O/c1-10-9-12(16(2)15-10)13(18)17-8-4-3-5-11(17)6-7-14/h9,11H,3-8H2,1-2H3. The summed E-state index contributed by atoms with van der Waals surface area (Å²) in [5.41, 5.74) is 1.60. The molecule has 100 valence electrons. The van der Waals surface area contributed by atoms with Gasteiger partial charge in [0.05, 0.1) is 5.69 Å². The fourth-order valence-electron chi connectivity index (χ4n) is 2.65. The van der Waals surface area contributed by atoms with Crippen LogP contribution in [0.2, 0.25) is 0 Å². The van der Waals surface area contributed by atoms with Gasteiger partial charge in [-0.25, -0.2) is 0 Å². The summed E-state index contributed by atoms with van der Waals surface area (Å²) in [7, 11) is 1.84. The van der Waals surface area contributed by atoms with Crippen LogP contribution in [0.5, 0.6) is 0 Å². The smallest absolute Gasteiger partial charge is 0.272 e. The van der Waals surface area contributed by atoms with Crippen molar-refractivity contribution in [1.82, 2.24) is 14.7 Å². The number of hydrogen-bond acceptors (Lipinski definition) is 2. The van der Waals surface area contributed by atoms with Crippen LogP contribution < -0.4 is 0 Å². The van der Waals surface area contributed by atoms with Gasteiger partial charge in [-0.1, -0.05) is 15.9 Å². The summed E-state index contributed by atoms with van der Waals surface area (Å²) < 4.78 is 1.69. The SMILES string of the molecule is Cc1cc(C(=O)N2CCCCC2CCBr)n(C)n1. The minimum atomic E-state index is 0.128. The Kier molecular flexibility index (Phi) is 4.43. The number of rotatable bonds is 3. The molecule has 0 aliphatic carbocycles. The average molecular weight is 314 g/mol. The number of alkyl halides is 1. The molecule has 1 aromatic heterocycles. The molecule has 1 aromatic rings. The number of carbonyl (C=O) groups is 1. The van der Waals surface area contributed by atoms with Crippen molar-refractivity contribution in [3.63, 3.8) is 0 Å². The topological polar surface area (TPSA) is 38.1 Å². The van der Waals surface area contributed by atoms with E-state index in [4.69, 9.17) is 0 Å². The number of amides is 1. The number of aromatic nitrogens is 2. The summed E-state index contributed by atoms with van der Waals surface area (Å²) in [5, 5.41) is 5.21. The highest BCUT2D eigenvalue weighted by Crippen LogP contribution is 2.22. The molecule has 1 atom stereocenters. The van der Waals surface area contributed by atoms with Crippen molar-refractivity contribution in [3.8, 4) is 0 Å². The van der Waals surface area contributed by atoms with Crippen LogP contribution in [0, 0.1) is 6.92 Å². The second-order valence-electron chi connectivity index (χ2n) is 4.92. The Morgan fingerprint density at radius 1 is 1.56 bits per heavy atom. The number of likely N-dealkylation sites (tertiary alicyclic amines) is 1. The van der Waals surface area contributed by atoms with E-state index in [1.165, 1.54) is 6.42 Å². The zero-order valence-corrected chi connectivity index (χ0v) is 12.6. The lowest BCUT2D eigenvalue weighted by atomic mass is 9.99. The van der Waals surface area contributed by atoms with Gasteiger partial charge in [-0.15, -0.1) is 0 Å². The molecule has 5 heteroatoms. The summed E-state index contributed by atoms with van der Waals surface area (Å²) in [6, 6.07) is 2.25. The van der Waals surface area contributed by atoms with Gasteiger partial charge >= 0.3 is 0 Å². The van der Waals surface area contributed by atoms with Gasteiger partial charge in [0, 0.05) is 25.0 Å². The molecule has 0 aromatic carbocycles.